The second kappa shape index (κ2) is 9.38. The van der Waals surface area contributed by atoms with Crippen LogP contribution in [0.5, 0.6) is 0 Å². The minimum absolute atomic E-state index is 0.0239. The van der Waals surface area contributed by atoms with Gasteiger partial charge >= 0.3 is 11.9 Å². The van der Waals surface area contributed by atoms with Crippen LogP contribution >= 0.6 is 0 Å². The zero-order chi connectivity index (χ0) is 20.8. The summed E-state index contributed by atoms with van der Waals surface area (Å²) in [6.45, 7) is 7.49. The maximum absolute atomic E-state index is 12.6. The molecular formula is C19H26N2O7. The Kier molecular flexibility index (Phi) is 7.19. The van der Waals surface area contributed by atoms with Gasteiger partial charge in [0.25, 0.3) is 0 Å². The normalized spacial score (nSPS) is 14.5. The first-order valence-electron chi connectivity index (χ1n) is 9.34. The molecule has 1 aliphatic heterocycles. The van der Waals surface area contributed by atoms with E-state index in [1.165, 1.54) is 13.8 Å². The van der Waals surface area contributed by atoms with Crippen molar-refractivity contribution in [1.29, 1.82) is 0 Å². The van der Waals surface area contributed by atoms with Crippen LogP contribution in [0.2, 0.25) is 0 Å². The SMILES string of the molecule is CCOC(=O)c1c(C)oc(NC(=O)C2CCN(C(C)=O)CC2)c1C(=O)OCC. The molecule has 1 N–H and O–H groups in total. The number of amides is 2. The maximum Gasteiger partial charge on any atom is 0.344 e. The molecule has 9 nitrogen and oxygen atoms in total. The van der Waals surface area contributed by atoms with Gasteiger partial charge in [0.2, 0.25) is 17.7 Å². The van der Waals surface area contributed by atoms with E-state index in [0.717, 1.165) is 0 Å². The van der Waals surface area contributed by atoms with Crippen LogP contribution in [0.15, 0.2) is 4.42 Å². The molecule has 1 aliphatic rings. The van der Waals surface area contributed by atoms with Gasteiger partial charge in [-0.3, -0.25) is 14.9 Å². The average Bonchev–Trinajstić information content (AvgIpc) is 2.98. The van der Waals surface area contributed by atoms with Crippen LogP contribution in [-0.2, 0) is 19.1 Å². The van der Waals surface area contributed by atoms with Crippen LogP contribution in [0, 0.1) is 12.8 Å². The first kappa shape index (κ1) is 21.5. The molecule has 28 heavy (non-hydrogen) atoms. The van der Waals surface area contributed by atoms with Crippen LogP contribution in [0.25, 0.3) is 0 Å². The Hall–Kier alpha value is -2.84. The van der Waals surface area contributed by atoms with Crippen molar-refractivity contribution in [2.45, 2.75) is 40.5 Å². The molecule has 1 fully saturated rings. The molecule has 2 heterocycles. The Morgan fingerprint density at radius 3 is 2.07 bits per heavy atom. The molecule has 0 saturated carbocycles. The van der Waals surface area contributed by atoms with Gasteiger partial charge in [0, 0.05) is 25.9 Å². The van der Waals surface area contributed by atoms with Gasteiger partial charge in [-0.05, 0) is 33.6 Å². The van der Waals surface area contributed by atoms with Crippen molar-refractivity contribution < 1.29 is 33.1 Å². The number of nitrogens with one attached hydrogen (secondary N) is 1. The standard InChI is InChI=1S/C19H26N2O7/c1-5-26-18(24)14-11(3)28-17(15(14)19(25)27-6-2)20-16(23)13-7-9-21(10-8-13)12(4)22/h13H,5-10H2,1-4H3,(H,20,23). The topological polar surface area (TPSA) is 115 Å². The number of carbonyl (C=O) groups is 4. The van der Waals surface area contributed by atoms with Gasteiger partial charge in [-0.2, -0.15) is 0 Å². The molecule has 1 aromatic heterocycles. The monoisotopic (exact) mass is 394 g/mol. The van der Waals surface area contributed by atoms with E-state index < -0.39 is 11.9 Å². The number of likely N-dealkylation sites (tertiary alicyclic amines) is 1. The Morgan fingerprint density at radius 2 is 1.57 bits per heavy atom. The quantitative estimate of drug-likeness (QED) is 0.735. The lowest BCUT2D eigenvalue weighted by atomic mass is 9.96. The lowest BCUT2D eigenvalue weighted by Crippen LogP contribution is -2.40. The number of rotatable bonds is 6. The van der Waals surface area contributed by atoms with Crippen LogP contribution in [-0.4, -0.2) is 55.0 Å². The molecule has 1 aromatic rings. The Morgan fingerprint density at radius 1 is 1.04 bits per heavy atom. The van der Waals surface area contributed by atoms with E-state index in [4.69, 9.17) is 13.9 Å². The van der Waals surface area contributed by atoms with Gasteiger partial charge in [0.05, 0.1) is 13.2 Å². The third-order valence-electron chi connectivity index (χ3n) is 4.59. The number of ether oxygens (including phenoxy) is 2. The summed E-state index contributed by atoms with van der Waals surface area (Å²) in [5.74, 6) is -2.16. The third kappa shape index (κ3) is 4.71. The Bertz CT molecular complexity index is 761. The highest BCUT2D eigenvalue weighted by Crippen LogP contribution is 2.30. The van der Waals surface area contributed by atoms with Gasteiger partial charge in [0.1, 0.15) is 16.9 Å². The van der Waals surface area contributed by atoms with Crippen LogP contribution in [0.4, 0.5) is 5.88 Å². The highest BCUT2D eigenvalue weighted by atomic mass is 16.5. The zero-order valence-electron chi connectivity index (χ0n) is 16.6. The number of anilines is 1. The highest BCUT2D eigenvalue weighted by molar-refractivity contribution is 6.09. The first-order valence-corrected chi connectivity index (χ1v) is 9.34. The molecule has 0 atom stereocenters. The summed E-state index contributed by atoms with van der Waals surface area (Å²) in [4.78, 5) is 50.4. The summed E-state index contributed by atoms with van der Waals surface area (Å²) in [5, 5.41) is 2.60. The fourth-order valence-corrected chi connectivity index (χ4v) is 3.15. The lowest BCUT2D eigenvalue weighted by Gasteiger charge is -2.30. The number of esters is 2. The van der Waals surface area contributed by atoms with Crippen molar-refractivity contribution in [2.75, 3.05) is 31.6 Å². The van der Waals surface area contributed by atoms with Crippen molar-refractivity contribution in [1.82, 2.24) is 4.90 Å². The average molecular weight is 394 g/mol. The summed E-state index contributed by atoms with van der Waals surface area (Å²) < 4.78 is 15.5. The molecule has 0 aromatic carbocycles. The maximum atomic E-state index is 12.6. The van der Waals surface area contributed by atoms with Gasteiger partial charge in [-0.15, -0.1) is 0 Å². The third-order valence-corrected chi connectivity index (χ3v) is 4.59. The number of furan rings is 1. The van der Waals surface area contributed by atoms with Gasteiger partial charge < -0.3 is 18.8 Å². The fraction of sp³-hybridized carbons (Fsp3) is 0.579. The summed E-state index contributed by atoms with van der Waals surface area (Å²) in [6.07, 6.45) is 1.01. The summed E-state index contributed by atoms with van der Waals surface area (Å²) in [5.41, 5.74) is -0.200. The second-order valence-electron chi connectivity index (χ2n) is 6.45. The van der Waals surface area contributed by atoms with Gasteiger partial charge in [-0.25, -0.2) is 9.59 Å². The summed E-state index contributed by atoms with van der Waals surface area (Å²) >= 11 is 0. The molecular weight excluding hydrogens is 368 g/mol. The van der Waals surface area contributed by atoms with E-state index in [1.54, 1.807) is 18.7 Å². The number of piperidine rings is 1. The molecule has 2 amide bonds. The number of aryl methyl sites for hydroxylation is 1. The molecule has 0 unspecified atom stereocenters. The first-order chi connectivity index (χ1) is 13.3. The van der Waals surface area contributed by atoms with Crippen molar-refractivity contribution in [2.24, 2.45) is 5.92 Å². The fourth-order valence-electron chi connectivity index (χ4n) is 3.15. The Labute approximate surface area is 163 Å². The molecule has 2 rings (SSSR count). The second-order valence-corrected chi connectivity index (χ2v) is 6.45. The predicted octanol–water partition coefficient (Wildman–Crippen LogP) is 2.14. The van der Waals surface area contributed by atoms with E-state index in [9.17, 15) is 19.2 Å². The molecule has 1 saturated heterocycles. The number of hydrogen-bond acceptors (Lipinski definition) is 7. The van der Waals surface area contributed by atoms with Crippen molar-refractivity contribution >= 4 is 29.6 Å². The van der Waals surface area contributed by atoms with Crippen molar-refractivity contribution in [3.05, 3.63) is 16.9 Å². The Balaban J connectivity index is 2.23. The van der Waals surface area contributed by atoms with E-state index >= 15 is 0 Å². The van der Waals surface area contributed by atoms with Crippen molar-refractivity contribution in [3.8, 4) is 0 Å². The molecule has 0 spiro atoms. The van der Waals surface area contributed by atoms with E-state index in [-0.39, 0.29) is 53.7 Å². The number of nitrogens with zero attached hydrogens (tertiary/aromatic N) is 1. The van der Waals surface area contributed by atoms with Gasteiger partial charge in [-0.1, -0.05) is 0 Å². The number of carbonyl (C=O) groups excluding carboxylic acids is 4. The molecule has 0 aliphatic carbocycles. The highest BCUT2D eigenvalue weighted by Gasteiger charge is 2.33. The predicted molar refractivity (Wildman–Crippen MR) is 99.0 cm³/mol. The van der Waals surface area contributed by atoms with E-state index in [0.29, 0.717) is 25.9 Å². The van der Waals surface area contributed by atoms with Crippen LogP contribution in [0.3, 0.4) is 0 Å². The molecule has 0 radical (unpaired) electrons. The molecule has 154 valence electrons. The summed E-state index contributed by atoms with van der Waals surface area (Å²) in [7, 11) is 0. The van der Waals surface area contributed by atoms with Crippen LogP contribution < -0.4 is 5.32 Å². The van der Waals surface area contributed by atoms with E-state index in [1.807, 2.05) is 0 Å². The molecule has 9 heteroatoms. The minimum atomic E-state index is -0.774. The number of hydrogen-bond donors (Lipinski definition) is 1. The van der Waals surface area contributed by atoms with Gasteiger partial charge in [0.15, 0.2) is 0 Å². The minimum Gasteiger partial charge on any atom is -0.462 e. The lowest BCUT2D eigenvalue weighted by molar-refractivity contribution is -0.132. The smallest absolute Gasteiger partial charge is 0.344 e. The zero-order valence-corrected chi connectivity index (χ0v) is 16.6. The van der Waals surface area contributed by atoms with E-state index in [2.05, 4.69) is 5.32 Å². The largest absolute Gasteiger partial charge is 0.462 e. The molecule has 0 bridgehead atoms. The summed E-state index contributed by atoms with van der Waals surface area (Å²) in [6, 6.07) is 0. The van der Waals surface area contributed by atoms with Crippen molar-refractivity contribution in [3.63, 3.8) is 0 Å². The van der Waals surface area contributed by atoms with Crippen LogP contribution in [0.1, 0.15) is 60.1 Å².